The van der Waals surface area contributed by atoms with Crippen molar-refractivity contribution < 1.29 is 4.79 Å². The normalized spacial score (nSPS) is 13.9. The molecule has 0 atom stereocenters. The van der Waals surface area contributed by atoms with E-state index in [1.54, 1.807) is 0 Å². The number of terminal acetylenes is 1. The predicted molar refractivity (Wildman–Crippen MR) is 57.3 cm³/mol. The Balaban J connectivity index is 0. The van der Waals surface area contributed by atoms with Crippen LogP contribution < -0.4 is 0 Å². The number of nitrogens with zero attached hydrogens (tertiary/aromatic N) is 1. The third kappa shape index (κ3) is 7.39. The molecule has 1 amide bonds. The highest BCUT2D eigenvalue weighted by atomic mass is 16.2. The molecule has 0 bridgehead atoms. The number of carbonyl (C=O) groups is 1. The first kappa shape index (κ1) is 14.5. The number of amides is 1. The number of carbonyl (C=O) groups excluding carboxylic acids is 1. The van der Waals surface area contributed by atoms with Gasteiger partial charge >= 0.3 is 0 Å². The van der Waals surface area contributed by atoms with E-state index in [0.717, 1.165) is 25.9 Å². The summed E-state index contributed by atoms with van der Waals surface area (Å²) in [6.45, 7) is 8.14. The average molecular weight is 183 g/mol. The van der Waals surface area contributed by atoms with E-state index in [0.29, 0.717) is 5.91 Å². The Morgan fingerprint density at radius 2 is 1.77 bits per heavy atom. The van der Waals surface area contributed by atoms with Crippen molar-refractivity contribution in [3.63, 3.8) is 0 Å². The topological polar surface area (TPSA) is 20.3 Å². The van der Waals surface area contributed by atoms with Crippen LogP contribution in [-0.2, 0) is 4.79 Å². The van der Waals surface area contributed by atoms with Gasteiger partial charge in [-0.15, -0.1) is 12.8 Å². The molecule has 1 aliphatic rings. The van der Waals surface area contributed by atoms with Crippen LogP contribution in [0.5, 0.6) is 0 Å². The Bertz CT molecular complexity index is 140. The van der Waals surface area contributed by atoms with Gasteiger partial charge in [0.25, 0.3) is 0 Å². The summed E-state index contributed by atoms with van der Waals surface area (Å²) in [6, 6.07) is 0. The number of hydrogen-bond donors (Lipinski definition) is 0. The molecule has 0 N–H and O–H groups in total. The molecule has 1 aliphatic heterocycles. The van der Waals surface area contributed by atoms with Crippen molar-refractivity contribution in [3.8, 4) is 12.8 Å². The molecule has 2 nitrogen and oxygen atoms in total. The first-order valence-electron chi connectivity index (χ1n) is 4.87. The van der Waals surface area contributed by atoms with E-state index in [-0.39, 0.29) is 0 Å². The van der Waals surface area contributed by atoms with Crippen LogP contribution in [0, 0.1) is 12.8 Å². The van der Waals surface area contributed by atoms with Gasteiger partial charge in [-0.2, -0.15) is 0 Å². The first-order valence-corrected chi connectivity index (χ1v) is 4.87. The zero-order valence-electron chi connectivity index (χ0n) is 9.05. The Kier molecular flexibility index (Phi) is 12.3. The van der Waals surface area contributed by atoms with Crippen LogP contribution in [0.4, 0.5) is 0 Å². The standard InChI is InChI=1S/C6H11NO.C3H8.C2H2/c1-2-7-5-3-4-6(7)8;1-3-2;1-2/h2-5H2,1H3;3H2,1-2H3;1-2H. The average Bonchev–Trinajstić information content (AvgIpc) is 2.56. The highest BCUT2D eigenvalue weighted by Crippen LogP contribution is 2.07. The van der Waals surface area contributed by atoms with Gasteiger partial charge in [0.1, 0.15) is 0 Å². The Morgan fingerprint density at radius 3 is 1.92 bits per heavy atom. The van der Waals surface area contributed by atoms with Crippen molar-refractivity contribution in [2.24, 2.45) is 0 Å². The molecule has 0 aromatic carbocycles. The molecular weight excluding hydrogens is 162 g/mol. The van der Waals surface area contributed by atoms with Crippen molar-refractivity contribution in [1.29, 1.82) is 0 Å². The smallest absolute Gasteiger partial charge is 0.222 e. The van der Waals surface area contributed by atoms with Gasteiger partial charge in [0, 0.05) is 19.5 Å². The second kappa shape index (κ2) is 11.0. The maximum atomic E-state index is 10.7. The lowest BCUT2D eigenvalue weighted by Gasteiger charge is -2.10. The Labute approximate surface area is 82.3 Å². The monoisotopic (exact) mass is 183 g/mol. The van der Waals surface area contributed by atoms with E-state index in [1.165, 1.54) is 6.42 Å². The molecule has 0 radical (unpaired) electrons. The highest BCUT2D eigenvalue weighted by Gasteiger charge is 2.16. The van der Waals surface area contributed by atoms with Gasteiger partial charge in [-0.25, -0.2) is 0 Å². The molecule has 0 spiro atoms. The quantitative estimate of drug-likeness (QED) is 0.571. The molecule has 0 aromatic heterocycles. The van der Waals surface area contributed by atoms with Crippen LogP contribution in [0.15, 0.2) is 0 Å². The molecular formula is C11H21NO. The molecule has 1 heterocycles. The predicted octanol–water partition coefficient (Wildman–Crippen LogP) is 2.29. The summed E-state index contributed by atoms with van der Waals surface area (Å²) in [5.41, 5.74) is 0. The fourth-order valence-corrected chi connectivity index (χ4v) is 1.04. The van der Waals surface area contributed by atoms with Crippen molar-refractivity contribution in [1.82, 2.24) is 4.90 Å². The Morgan fingerprint density at radius 1 is 1.31 bits per heavy atom. The fraction of sp³-hybridized carbons (Fsp3) is 0.727. The highest BCUT2D eigenvalue weighted by molar-refractivity contribution is 5.77. The van der Waals surface area contributed by atoms with Crippen LogP contribution >= 0.6 is 0 Å². The fourth-order valence-electron chi connectivity index (χ4n) is 1.04. The number of likely N-dealkylation sites (tertiary alicyclic amines) is 1. The lowest BCUT2D eigenvalue weighted by Crippen LogP contribution is -2.23. The largest absolute Gasteiger partial charge is 0.343 e. The second-order valence-electron chi connectivity index (χ2n) is 2.78. The van der Waals surface area contributed by atoms with Gasteiger partial charge in [-0.1, -0.05) is 20.3 Å². The molecule has 0 unspecified atom stereocenters. The van der Waals surface area contributed by atoms with Gasteiger partial charge < -0.3 is 4.90 Å². The third-order valence-electron chi connectivity index (χ3n) is 1.55. The summed E-state index contributed by atoms with van der Waals surface area (Å²) >= 11 is 0. The van der Waals surface area contributed by atoms with E-state index < -0.39 is 0 Å². The summed E-state index contributed by atoms with van der Waals surface area (Å²) < 4.78 is 0. The Hall–Kier alpha value is -0.970. The maximum Gasteiger partial charge on any atom is 0.222 e. The summed E-state index contributed by atoms with van der Waals surface area (Å²) in [7, 11) is 0. The van der Waals surface area contributed by atoms with Crippen LogP contribution in [-0.4, -0.2) is 23.9 Å². The van der Waals surface area contributed by atoms with Crippen molar-refractivity contribution in [2.45, 2.75) is 40.0 Å². The molecule has 13 heavy (non-hydrogen) atoms. The van der Waals surface area contributed by atoms with Crippen LogP contribution in [0.25, 0.3) is 0 Å². The summed E-state index contributed by atoms with van der Waals surface area (Å²) in [4.78, 5) is 12.6. The molecule has 2 heteroatoms. The van der Waals surface area contributed by atoms with E-state index in [2.05, 4.69) is 26.7 Å². The molecule has 1 fully saturated rings. The third-order valence-corrected chi connectivity index (χ3v) is 1.55. The minimum atomic E-state index is 0.326. The molecule has 1 rings (SSSR count). The van der Waals surface area contributed by atoms with Gasteiger partial charge in [0.2, 0.25) is 5.91 Å². The lowest BCUT2D eigenvalue weighted by molar-refractivity contribution is -0.127. The lowest BCUT2D eigenvalue weighted by atomic mass is 10.4. The van der Waals surface area contributed by atoms with E-state index in [9.17, 15) is 4.79 Å². The van der Waals surface area contributed by atoms with Gasteiger partial charge in [-0.3, -0.25) is 4.79 Å². The zero-order chi connectivity index (χ0) is 10.7. The first-order chi connectivity index (χ1) is 6.26. The molecule has 0 aromatic rings. The maximum absolute atomic E-state index is 10.7. The van der Waals surface area contributed by atoms with Gasteiger partial charge in [-0.05, 0) is 13.3 Å². The molecule has 0 aliphatic carbocycles. The van der Waals surface area contributed by atoms with Crippen LogP contribution in [0.2, 0.25) is 0 Å². The van der Waals surface area contributed by atoms with E-state index in [4.69, 9.17) is 0 Å². The zero-order valence-corrected chi connectivity index (χ0v) is 9.05. The van der Waals surface area contributed by atoms with Crippen molar-refractivity contribution in [3.05, 3.63) is 0 Å². The van der Waals surface area contributed by atoms with Crippen molar-refractivity contribution >= 4 is 5.91 Å². The number of rotatable bonds is 1. The summed E-state index contributed by atoms with van der Waals surface area (Å²) in [6.07, 6.45) is 11.1. The van der Waals surface area contributed by atoms with Gasteiger partial charge in [0.05, 0.1) is 0 Å². The molecule has 0 saturated carbocycles. The molecule has 1 saturated heterocycles. The van der Waals surface area contributed by atoms with E-state index >= 15 is 0 Å². The minimum Gasteiger partial charge on any atom is -0.343 e. The van der Waals surface area contributed by atoms with Crippen molar-refractivity contribution in [2.75, 3.05) is 13.1 Å². The summed E-state index contributed by atoms with van der Waals surface area (Å²) in [5.74, 6) is 0.326. The van der Waals surface area contributed by atoms with Crippen LogP contribution in [0.1, 0.15) is 40.0 Å². The molecule has 76 valence electrons. The second-order valence-corrected chi connectivity index (χ2v) is 2.78. The minimum absolute atomic E-state index is 0.326. The SMILES string of the molecule is C#C.CCC.CCN1CCCC1=O. The van der Waals surface area contributed by atoms with Gasteiger partial charge in [0.15, 0.2) is 0 Å². The van der Waals surface area contributed by atoms with E-state index in [1.807, 2.05) is 11.8 Å². The number of hydrogen-bond acceptors (Lipinski definition) is 1. The summed E-state index contributed by atoms with van der Waals surface area (Å²) in [5, 5.41) is 0. The van der Waals surface area contributed by atoms with Crippen LogP contribution in [0.3, 0.4) is 0 Å².